The molecule has 8 heteroatoms. The first kappa shape index (κ1) is 23.8. The van der Waals surface area contributed by atoms with E-state index in [0.29, 0.717) is 23.6 Å². The number of piperazine rings is 1. The van der Waals surface area contributed by atoms with Crippen molar-refractivity contribution in [2.24, 2.45) is 0 Å². The van der Waals surface area contributed by atoms with E-state index in [9.17, 15) is 9.18 Å². The molecule has 0 spiro atoms. The first-order chi connectivity index (χ1) is 16.6. The van der Waals surface area contributed by atoms with E-state index in [4.69, 9.17) is 0 Å². The fourth-order valence-electron chi connectivity index (χ4n) is 4.07. The van der Waals surface area contributed by atoms with Gasteiger partial charge in [-0.05, 0) is 55.4 Å². The van der Waals surface area contributed by atoms with Gasteiger partial charge >= 0.3 is 0 Å². The molecule has 4 rings (SSSR count). The molecule has 1 fully saturated rings. The van der Waals surface area contributed by atoms with Crippen LogP contribution in [0.25, 0.3) is 11.3 Å². The largest absolute Gasteiger partial charge is 0.351 e. The summed E-state index contributed by atoms with van der Waals surface area (Å²) in [5.74, 6) is 0.206. The molecule has 0 atom stereocenters. The molecule has 0 bridgehead atoms. The summed E-state index contributed by atoms with van der Waals surface area (Å²) in [5, 5.41) is 6.26. The Hall–Kier alpha value is -3.36. The van der Waals surface area contributed by atoms with Gasteiger partial charge in [0.25, 0.3) is 5.91 Å². The van der Waals surface area contributed by atoms with Crippen molar-refractivity contribution >= 4 is 17.4 Å². The highest BCUT2D eigenvalue weighted by Gasteiger charge is 2.16. The number of carbonyl (C=O) groups excluding carboxylic acids is 1. The number of rotatable bonds is 9. The number of nitrogens with zero attached hydrogens (tertiary/aromatic N) is 4. The number of hydrogen-bond donors (Lipinski definition) is 2. The maximum absolute atomic E-state index is 13.2. The predicted molar refractivity (Wildman–Crippen MR) is 133 cm³/mol. The lowest BCUT2D eigenvalue weighted by Crippen LogP contribution is -2.48. The van der Waals surface area contributed by atoms with Gasteiger partial charge in [-0.15, -0.1) is 0 Å². The van der Waals surface area contributed by atoms with Crippen LogP contribution in [0.3, 0.4) is 0 Å². The Labute approximate surface area is 200 Å². The fourth-order valence-corrected chi connectivity index (χ4v) is 4.07. The van der Waals surface area contributed by atoms with Gasteiger partial charge < -0.3 is 15.5 Å². The van der Waals surface area contributed by atoms with E-state index in [1.807, 2.05) is 12.1 Å². The summed E-state index contributed by atoms with van der Waals surface area (Å²) in [6, 6.07) is 15.3. The zero-order chi connectivity index (χ0) is 23.8. The number of carbonyl (C=O) groups is 1. The number of amides is 1. The van der Waals surface area contributed by atoms with Crippen molar-refractivity contribution in [1.82, 2.24) is 25.1 Å². The molecule has 0 radical (unpaired) electrons. The van der Waals surface area contributed by atoms with E-state index < -0.39 is 0 Å². The Kier molecular flexibility index (Phi) is 8.17. The fraction of sp³-hybridized carbons (Fsp3) is 0.346. The minimum Gasteiger partial charge on any atom is -0.351 e. The average Bonchev–Trinajstić information content (AvgIpc) is 2.86. The molecule has 0 unspecified atom stereocenters. The van der Waals surface area contributed by atoms with Crippen LogP contribution in [0.1, 0.15) is 23.7 Å². The Morgan fingerprint density at radius 3 is 2.44 bits per heavy atom. The number of anilines is 2. The minimum absolute atomic E-state index is 0.0945. The van der Waals surface area contributed by atoms with E-state index in [2.05, 4.69) is 37.3 Å². The molecule has 2 aromatic carbocycles. The smallest absolute Gasteiger partial charge is 0.251 e. The highest BCUT2D eigenvalue weighted by Crippen LogP contribution is 2.22. The second kappa shape index (κ2) is 11.7. The normalized spacial score (nSPS) is 14.6. The summed E-state index contributed by atoms with van der Waals surface area (Å²) in [4.78, 5) is 26.1. The van der Waals surface area contributed by atoms with Crippen LogP contribution in [0.5, 0.6) is 0 Å². The van der Waals surface area contributed by atoms with Crippen LogP contribution in [0.15, 0.2) is 60.9 Å². The van der Waals surface area contributed by atoms with E-state index in [0.717, 1.165) is 50.5 Å². The van der Waals surface area contributed by atoms with E-state index in [1.165, 1.54) is 24.9 Å². The second-order valence-corrected chi connectivity index (χ2v) is 8.44. The van der Waals surface area contributed by atoms with Crippen molar-refractivity contribution in [3.8, 4) is 11.3 Å². The lowest BCUT2D eigenvalue weighted by Gasteiger charge is -2.34. The zero-order valence-corrected chi connectivity index (χ0v) is 19.5. The van der Waals surface area contributed by atoms with E-state index in [-0.39, 0.29) is 11.7 Å². The van der Waals surface area contributed by atoms with Gasteiger partial charge in [-0.3, -0.25) is 9.69 Å². The predicted octanol–water partition coefficient (Wildman–Crippen LogP) is 3.78. The summed E-state index contributed by atoms with van der Waals surface area (Å²) in [7, 11) is 0. The standard InChI is InChI=1S/C26H31FN6O/c1-2-11-32-13-15-33(16-14-32)12-10-28-26(34)21-4-3-5-23(17-21)31-25-18-24(29-19-30-25)20-6-8-22(27)9-7-20/h3-9,17-19H,2,10-16H2,1H3,(H,28,34)(H,29,30,31). The van der Waals surface area contributed by atoms with Crippen LogP contribution in [0.4, 0.5) is 15.9 Å². The molecule has 34 heavy (non-hydrogen) atoms. The van der Waals surface area contributed by atoms with Gasteiger partial charge in [0.1, 0.15) is 18.0 Å². The molecule has 2 heterocycles. The van der Waals surface area contributed by atoms with Gasteiger partial charge in [-0.25, -0.2) is 14.4 Å². The molecule has 1 aliphatic heterocycles. The van der Waals surface area contributed by atoms with Crippen LogP contribution >= 0.6 is 0 Å². The first-order valence-electron chi connectivity index (χ1n) is 11.8. The summed E-state index contributed by atoms with van der Waals surface area (Å²) >= 11 is 0. The molecular formula is C26H31FN6O. The molecule has 0 saturated carbocycles. The SMILES string of the molecule is CCCN1CCN(CCNC(=O)c2cccc(Nc3cc(-c4ccc(F)cc4)ncn3)c2)CC1. The summed E-state index contributed by atoms with van der Waals surface area (Å²) in [5.41, 5.74) is 2.82. The zero-order valence-electron chi connectivity index (χ0n) is 19.5. The average molecular weight is 463 g/mol. The lowest BCUT2D eigenvalue weighted by atomic mass is 10.1. The summed E-state index contributed by atoms with van der Waals surface area (Å²) in [6.07, 6.45) is 2.65. The Morgan fingerprint density at radius 2 is 1.71 bits per heavy atom. The lowest BCUT2D eigenvalue weighted by molar-refractivity contribution is 0.0936. The third-order valence-electron chi connectivity index (χ3n) is 5.92. The Balaban J connectivity index is 1.30. The highest BCUT2D eigenvalue weighted by molar-refractivity contribution is 5.95. The van der Waals surface area contributed by atoms with Crippen LogP contribution in [-0.2, 0) is 0 Å². The van der Waals surface area contributed by atoms with Gasteiger partial charge in [-0.2, -0.15) is 0 Å². The molecule has 2 N–H and O–H groups in total. The van der Waals surface area contributed by atoms with Crippen LogP contribution in [0.2, 0.25) is 0 Å². The molecular weight excluding hydrogens is 431 g/mol. The van der Waals surface area contributed by atoms with E-state index in [1.54, 1.807) is 30.3 Å². The molecule has 178 valence electrons. The number of aromatic nitrogens is 2. The summed E-state index contributed by atoms with van der Waals surface area (Å²) < 4.78 is 13.2. The quantitative estimate of drug-likeness (QED) is 0.504. The van der Waals surface area contributed by atoms with Crippen LogP contribution in [-0.4, -0.2) is 71.5 Å². The highest BCUT2D eigenvalue weighted by atomic mass is 19.1. The van der Waals surface area contributed by atoms with Crippen LogP contribution < -0.4 is 10.6 Å². The molecule has 1 saturated heterocycles. The van der Waals surface area contributed by atoms with Crippen molar-refractivity contribution in [1.29, 1.82) is 0 Å². The van der Waals surface area contributed by atoms with Crippen LogP contribution in [0, 0.1) is 5.82 Å². The Bertz CT molecular complexity index is 1080. The molecule has 1 aromatic heterocycles. The maximum atomic E-state index is 13.2. The molecule has 0 aliphatic carbocycles. The van der Waals surface area contributed by atoms with Gasteiger partial charge in [0, 0.05) is 62.1 Å². The van der Waals surface area contributed by atoms with Crippen molar-refractivity contribution in [3.05, 3.63) is 72.3 Å². The topological polar surface area (TPSA) is 73.4 Å². The molecule has 1 amide bonds. The summed E-state index contributed by atoms with van der Waals surface area (Å²) in [6.45, 7) is 9.15. The monoisotopic (exact) mass is 462 g/mol. The molecule has 1 aliphatic rings. The number of nitrogens with one attached hydrogen (secondary N) is 2. The van der Waals surface area contributed by atoms with Gasteiger partial charge in [0.15, 0.2) is 0 Å². The maximum Gasteiger partial charge on any atom is 0.251 e. The number of hydrogen-bond acceptors (Lipinski definition) is 6. The third kappa shape index (κ3) is 6.59. The first-order valence-corrected chi connectivity index (χ1v) is 11.8. The van der Waals surface area contributed by atoms with Gasteiger partial charge in [-0.1, -0.05) is 13.0 Å². The van der Waals surface area contributed by atoms with Crippen molar-refractivity contribution < 1.29 is 9.18 Å². The second-order valence-electron chi connectivity index (χ2n) is 8.44. The molecule has 7 nitrogen and oxygen atoms in total. The number of halogens is 1. The minimum atomic E-state index is -0.291. The van der Waals surface area contributed by atoms with Crippen molar-refractivity contribution in [2.45, 2.75) is 13.3 Å². The molecule has 3 aromatic rings. The number of benzene rings is 2. The Morgan fingerprint density at radius 1 is 0.971 bits per heavy atom. The third-order valence-corrected chi connectivity index (χ3v) is 5.92. The van der Waals surface area contributed by atoms with Gasteiger partial charge in [0.2, 0.25) is 0 Å². The van der Waals surface area contributed by atoms with Crippen molar-refractivity contribution in [2.75, 3.05) is 51.1 Å². The van der Waals surface area contributed by atoms with Crippen molar-refractivity contribution in [3.63, 3.8) is 0 Å². The van der Waals surface area contributed by atoms with Gasteiger partial charge in [0.05, 0.1) is 5.69 Å². The van der Waals surface area contributed by atoms with E-state index >= 15 is 0 Å².